The monoisotopic (exact) mass is 385 g/mol. The highest BCUT2D eigenvalue weighted by molar-refractivity contribution is 5.91. The second-order valence-corrected chi connectivity index (χ2v) is 6.85. The van der Waals surface area contributed by atoms with Crippen molar-refractivity contribution in [2.75, 3.05) is 11.9 Å². The van der Waals surface area contributed by atoms with Crippen molar-refractivity contribution in [3.8, 4) is 16.9 Å². The number of benzene rings is 2. The third-order valence-electron chi connectivity index (χ3n) is 4.92. The van der Waals surface area contributed by atoms with Crippen LogP contribution in [-0.4, -0.2) is 16.6 Å². The van der Waals surface area contributed by atoms with Crippen molar-refractivity contribution in [3.05, 3.63) is 88.8 Å². The van der Waals surface area contributed by atoms with E-state index in [0.29, 0.717) is 23.4 Å². The molecule has 2 aromatic carbocycles. The van der Waals surface area contributed by atoms with Gasteiger partial charge in [-0.25, -0.2) is 4.98 Å². The minimum Gasteiger partial charge on any atom is -0.494 e. The maximum Gasteiger partial charge on any atom is 0.200 e. The first kappa shape index (κ1) is 18.7. The number of nitrogens with zero attached hydrogens (tertiary/aromatic N) is 1. The van der Waals surface area contributed by atoms with E-state index in [9.17, 15) is 4.79 Å². The molecular weight excluding hydrogens is 362 g/mol. The van der Waals surface area contributed by atoms with Crippen molar-refractivity contribution >= 4 is 16.7 Å². The Morgan fingerprint density at radius 3 is 2.55 bits per heavy atom. The van der Waals surface area contributed by atoms with Crippen LogP contribution in [0.15, 0.2) is 77.9 Å². The molecule has 1 unspecified atom stereocenters. The lowest BCUT2D eigenvalue weighted by atomic mass is 10.0. The standard InChI is InChI=1S/C24H23N3O2/c1-3-29-19-11-9-18(10-12-19)20-15-26-21-13-14-25-24(22(21)23(20)28)27-16(2)17-7-5-4-6-8-17/h4-16H,3H2,1-2H3,(H,25,27)(H,26,28). The second kappa shape index (κ2) is 8.19. The van der Waals surface area contributed by atoms with E-state index in [2.05, 4.69) is 34.3 Å². The molecule has 5 nitrogen and oxygen atoms in total. The number of aromatic amines is 1. The lowest BCUT2D eigenvalue weighted by molar-refractivity contribution is 0.340. The SMILES string of the molecule is CCOc1ccc(-c2c[nH]c3ccnc(NC(C)c4ccccc4)c3c2=O)cc1. The Morgan fingerprint density at radius 2 is 1.83 bits per heavy atom. The van der Waals surface area contributed by atoms with Crippen molar-refractivity contribution in [1.29, 1.82) is 0 Å². The van der Waals surface area contributed by atoms with E-state index in [1.807, 2.05) is 55.5 Å². The van der Waals surface area contributed by atoms with Crippen LogP contribution < -0.4 is 15.5 Å². The van der Waals surface area contributed by atoms with E-state index in [1.165, 1.54) is 0 Å². The van der Waals surface area contributed by atoms with Gasteiger partial charge in [0.05, 0.1) is 17.5 Å². The number of nitrogens with one attached hydrogen (secondary N) is 2. The zero-order valence-electron chi connectivity index (χ0n) is 16.5. The van der Waals surface area contributed by atoms with Gasteiger partial charge in [0.1, 0.15) is 11.6 Å². The van der Waals surface area contributed by atoms with Crippen LogP contribution in [-0.2, 0) is 0 Å². The highest BCUT2D eigenvalue weighted by Crippen LogP contribution is 2.25. The van der Waals surface area contributed by atoms with Gasteiger partial charge in [0, 0.05) is 24.0 Å². The number of rotatable bonds is 6. The van der Waals surface area contributed by atoms with Crippen LogP contribution in [0.25, 0.3) is 22.0 Å². The van der Waals surface area contributed by atoms with Gasteiger partial charge in [-0.05, 0) is 43.2 Å². The molecule has 0 bridgehead atoms. The van der Waals surface area contributed by atoms with Crippen molar-refractivity contribution < 1.29 is 4.74 Å². The van der Waals surface area contributed by atoms with Crippen LogP contribution in [0.5, 0.6) is 5.75 Å². The summed E-state index contributed by atoms with van der Waals surface area (Å²) in [5, 5.41) is 3.95. The molecule has 2 aromatic heterocycles. The summed E-state index contributed by atoms with van der Waals surface area (Å²) in [7, 11) is 0. The highest BCUT2D eigenvalue weighted by atomic mass is 16.5. The normalized spacial score (nSPS) is 11.9. The summed E-state index contributed by atoms with van der Waals surface area (Å²) >= 11 is 0. The molecule has 0 saturated heterocycles. The molecule has 0 fully saturated rings. The van der Waals surface area contributed by atoms with Crippen LogP contribution in [0.4, 0.5) is 5.82 Å². The minimum atomic E-state index is -0.0567. The first-order chi connectivity index (χ1) is 14.2. The summed E-state index contributed by atoms with van der Waals surface area (Å²) in [5.74, 6) is 1.36. The molecule has 0 saturated carbocycles. The first-order valence-electron chi connectivity index (χ1n) is 9.72. The Kier molecular flexibility index (Phi) is 5.29. The van der Waals surface area contributed by atoms with Crippen LogP contribution in [0.2, 0.25) is 0 Å². The van der Waals surface area contributed by atoms with Gasteiger partial charge in [-0.1, -0.05) is 42.5 Å². The van der Waals surface area contributed by atoms with E-state index < -0.39 is 0 Å². The van der Waals surface area contributed by atoms with Gasteiger partial charge in [-0.2, -0.15) is 0 Å². The molecule has 0 amide bonds. The quantitative estimate of drug-likeness (QED) is 0.481. The van der Waals surface area contributed by atoms with E-state index in [0.717, 1.165) is 22.4 Å². The molecule has 0 radical (unpaired) electrons. The number of fused-ring (bicyclic) bond motifs is 1. The maximum absolute atomic E-state index is 13.3. The Bertz CT molecular complexity index is 1170. The molecular formula is C24H23N3O2. The predicted octanol–water partition coefficient (Wildman–Crippen LogP) is 5.16. The number of pyridine rings is 2. The van der Waals surface area contributed by atoms with Crippen molar-refractivity contribution in [3.63, 3.8) is 0 Å². The fourth-order valence-electron chi connectivity index (χ4n) is 3.41. The van der Waals surface area contributed by atoms with Crippen LogP contribution >= 0.6 is 0 Å². The molecule has 0 aliphatic carbocycles. The number of aromatic nitrogens is 2. The Hall–Kier alpha value is -3.60. The summed E-state index contributed by atoms with van der Waals surface area (Å²) in [6.45, 7) is 4.61. The zero-order valence-corrected chi connectivity index (χ0v) is 16.5. The summed E-state index contributed by atoms with van der Waals surface area (Å²) in [6, 6.07) is 19.5. The summed E-state index contributed by atoms with van der Waals surface area (Å²) in [4.78, 5) is 21.0. The topological polar surface area (TPSA) is 67.0 Å². The first-order valence-corrected chi connectivity index (χ1v) is 9.72. The molecule has 146 valence electrons. The lowest BCUT2D eigenvalue weighted by Gasteiger charge is -2.16. The lowest BCUT2D eigenvalue weighted by Crippen LogP contribution is -2.13. The average molecular weight is 385 g/mol. The maximum atomic E-state index is 13.3. The van der Waals surface area contributed by atoms with Gasteiger partial charge in [0.25, 0.3) is 0 Å². The third-order valence-corrected chi connectivity index (χ3v) is 4.92. The largest absolute Gasteiger partial charge is 0.494 e. The molecule has 0 aliphatic heterocycles. The van der Waals surface area contributed by atoms with Gasteiger partial charge in [0.15, 0.2) is 0 Å². The molecule has 1 atom stereocenters. The summed E-state index contributed by atoms with van der Waals surface area (Å²) < 4.78 is 5.50. The van der Waals surface area contributed by atoms with Crippen molar-refractivity contribution in [1.82, 2.24) is 9.97 Å². The Labute approximate surface area is 169 Å². The Morgan fingerprint density at radius 1 is 1.07 bits per heavy atom. The van der Waals surface area contributed by atoms with Gasteiger partial charge in [0.2, 0.25) is 5.43 Å². The smallest absolute Gasteiger partial charge is 0.200 e. The van der Waals surface area contributed by atoms with E-state index >= 15 is 0 Å². The fourth-order valence-corrected chi connectivity index (χ4v) is 3.41. The zero-order chi connectivity index (χ0) is 20.2. The van der Waals surface area contributed by atoms with Crippen molar-refractivity contribution in [2.45, 2.75) is 19.9 Å². The molecule has 2 N–H and O–H groups in total. The Balaban J connectivity index is 1.75. The van der Waals surface area contributed by atoms with E-state index in [4.69, 9.17) is 4.74 Å². The number of H-pyrrole nitrogens is 1. The molecule has 29 heavy (non-hydrogen) atoms. The number of ether oxygens (including phenoxy) is 1. The molecule has 4 aromatic rings. The molecule has 0 spiro atoms. The van der Waals surface area contributed by atoms with E-state index in [1.54, 1.807) is 12.4 Å². The predicted molar refractivity (Wildman–Crippen MR) is 117 cm³/mol. The van der Waals surface area contributed by atoms with Crippen LogP contribution in [0.3, 0.4) is 0 Å². The molecule has 2 heterocycles. The van der Waals surface area contributed by atoms with E-state index in [-0.39, 0.29) is 11.5 Å². The number of hydrogen-bond donors (Lipinski definition) is 2. The average Bonchev–Trinajstić information content (AvgIpc) is 2.76. The number of anilines is 1. The summed E-state index contributed by atoms with van der Waals surface area (Å²) in [5.41, 5.74) is 3.26. The van der Waals surface area contributed by atoms with Gasteiger partial charge in [-0.3, -0.25) is 4.79 Å². The molecule has 0 aliphatic rings. The minimum absolute atomic E-state index is 0.0165. The summed E-state index contributed by atoms with van der Waals surface area (Å²) in [6.07, 6.45) is 3.46. The highest BCUT2D eigenvalue weighted by Gasteiger charge is 2.14. The molecule has 4 rings (SSSR count). The van der Waals surface area contributed by atoms with Gasteiger partial charge in [-0.15, -0.1) is 0 Å². The van der Waals surface area contributed by atoms with Crippen LogP contribution in [0, 0.1) is 0 Å². The molecule has 5 heteroatoms. The van der Waals surface area contributed by atoms with Gasteiger partial charge >= 0.3 is 0 Å². The van der Waals surface area contributed by atoms with Gasteiger partial charge < -0.3 is 15.0 Å². The fraction of sp³-hybridized carbons (Fsp3) is 0.167. The number of hydrogen-bond acceptors (Lipinski definition) is 4. The third kappa shape index (κ3) is 3.85. The van der Waals surface area contributed by atoms with Crippen LogP contribution in [0.1, 0.15) is 25.5 Å². The second-order valence-electron chi connectivity index (χ2n) is 6.85. The van der Waals surface area contributed by atoms with Crippen molar-refractivity contribution in [2.24, 2.45) is 0 Å².